The summed E-state index contributed by atoms with van der Waals surface area (Å²) in [6.45, 7) is 1.91. The van der Waals surface area contributed by atoms with Gasteiger partial charge in [-0.25, -0.2) is 4.39 Å². The number of halogens is 1. The molecule has 1 aliphatic rings. The quantitative estimate of drug-likeness (QED) is 0.501. The van der Waals surface area contributed by atoms with Crippen molar-refractivity contribution in [1.82, 2.24) is 14.7 Å². The van der Waals surface area contributed by atoms with Gasteiger partial charge >= 0.3 is 0 Å². The summed E-state index contributed by atoms with van der Waals surface area (Å²) in [5, 5.41) is 5.45. The largest absolute Gasteiger partial charge is 0.366 e. The molecule has 4 aromatic rings. The highest BCUT2D eigenvalue weighted by atomic mass is 19.1. The Morgan fingerprint density at radius 2 is 1.41 bits per heavy atom. The molecule has 32 heavy (non-hydrogen) atoms. The first-order valence-corrected chi connectivity index (χ1v) is 10.5. The Morgan fingerprint density at radius 1 is 0.781 bits per heavy atom. The lowest BCUT2D eigenvalue weighted by atomic mass is 10.1. The minimum absolute atomic E-state index is 0.237. The van der Waals surface area contributed by atoms with Gasteiger partial charge in [0.25, 0.3) is 11.5 Å². The summed E-state index contributed by atoms with van der Waals surface area (Å²) in [7, 11) is 0. The molecule has 7 heteroatoms. The highest BCUT2D eigenvalue weighted by Gasteiger charge is 2.27. The zero-order chi connectivity index (χ0) is 22.1. The molecule has 1 fully saturated rings. The molecule has 0 N–H and O–H groups in total. The van der Waals surface area contributed by atoms with Crippen LogP contribution in [-0.4, -0.2) is 46.8 Å². The van der Waals surface area contributed by atoms with E-state index in [9.17, 15) is 14.0 Å². The fourth-order valence-electron chi connectivity index (χ4n) is 4.10. The number of fused-ring (bicyclic) bond motifs is 1. The number of carbonyl (C=O) groups excluding carboxylic acids is 1. The van der Waals surface area contributed by atoms with Crippen LogP contribution in [-0.2, 0) is 0 Å². The van der Waals surface area contributed by atoms with Gasteiger partial charge in [0.15, 0.2) is 5.69 Å². The molecule has 2 heterocycles. The van der Waals surface area contributed by atoms with E-state index in [0.717, 1.165) is 0 Å². The second-order valence-corrected chi connectivity index (χ2v) is 7.68. The van der Waals surface area contributed by atoms with E-state index < -0.39 is 0 Å². The van der Waals surface area contributed by atoms with Crippen molar-refractivity contribution < 1.29 is 9.18 Å². The molecule has 1 aliphatic heterocycles. The molecule has 0 spiro atoms. The van der Waals surface area contributed by atoms with E-state index in [1.807, 2.05) is 23.1 Å². The molecule has 6 nitrogen and oxygen atoms in total. The maximum atomic E-state index is 14.1. The van der Waals surface area contributed by atoms with Crippen LogP contribution in [0, 0.1) is 5.82 Å². The van der Waals surface area contributed by atoms with Crippen molar-refractivity contribution in [2.24, 2.45) is 0 Å². The number of amides is 1. The van der Waals surface area contributed by atoms with E-state index in [-0.39, 0.29) is 23.0 Å². The van der Waals surface area contributed by atoms with Crippen molar-refractivity contribution in [2.75, 3.05) is 31.1 Å². The molecule has 5 rings (SSSR count). The summed E-state index contributed by atoms with van der Waals surface area (Å²) in [6.07, 6.45) is 0. The molecule has 160 valence electrons. The van der Waals surface area contributed by atoms with Crippen LogP contribution in [0.2, 0.25) is 0 Å². The normalized spacial score (nSPS) is 14.0. The maximum absolute atomic E-state index is 14.1. The third-order valence-corrected chi connectivity index (χ3v) is 5.77. The summed E-state index contributed by atoms with van der Waals surface area (Å²) in [4.78, 5) is 30.2. The fraction of sp³-hybridized carbons (Fsp3) is 0.160. The highest BCUT2D eigenvalue weighted by molar-refractivity contribution is 6.05. The predicted molar refractivity (Wildman–Crippen MR) is 122 cm³/mol. The molecule has 1 aromatic heterocycles. The van der Waals surface area contributed by atoms with Crippen molar-refractivity contribution in [2.45, 2.75) is 0 Å². The Morgan fingerprint density at radius 3 is 2.12 bits per heavy atom. The minimum Gasteiger partial charge on any atom is -0.366 e. The van der Waals surface area contributed by atoms with Crippen LogP contribution in [0.4, 0.5) is 10.1 Å². The number of anilines is 1. The Labute approximate surface area is 184 Å². The summed E-state index contributed by atoms with van der Waals surface area (Å²) in [5.74, 6) is -0.506. The second-order valence-electron chi connectivity index (χ2n) is 7.68. The summed E-state index contributed by atoms with van der Waals surface area (Å²) in [5.41, 5.74) is 1.11. The van der Waals surface area contributed by atoms with E-state index >= 15 is 0 Å². The second kappa shape index (κ2) is 8.26. The van der Waals surface area contributed by atoms with Gasteiger partial charge in [-0.15, -0.1) is 0 Å². The Hall–Kier alpha value is -4.00. The van der Waals surface area contributed by atoms with Gasteiger partial charge in [0.2, 0.25) is 0 Å². The van der Waals surface area contributed by atoms with Crippen molar-refractivity contribution in [3.63, 3.8) is 0 Å². The molecule has 0 unspecified atom stereocenters. The zero-order valence-corrected chi connectivity index (χ0v) is 17.3. The predicted octanol–water partition coefficient (Wildman–Crippen LogP) is 3.49. The molecule has 0 saturated carbocycles. The van der Waals surface area contributed by atoms with Crippen LogP contribution < -0.4 is 10.5 Å². The number of hydrogen-bond donors (Lipinski definition) is 0. The molecule has 3 aromatic carbocycles. The first-order chi connectivity index (χ1) is 15.6. The number of benzene rings is 3. The van der Waals surface area contributed by atoms with Gasteiger partial charge < -0.3 is 9.80 Å². The number of nitrogens with zero attached hydrogens (tertiary/aromatic N) is 4. The Kier molecular flexibility index (Phi) is 5.15. The van der Waals surface area contributed by atoms with Crippen LogP contribution in [0.5, 0.6) is 0 Å². The van der Waals surface area contributed by atoms with E-state index in [4.69, 9.17) is 0 Å². The van der Waals surface area contributed by atoms with Crippen LogP contribution in [0.15, 0.2) is 83.7 Å². The smallest absolute Gasteiger partial charge is 0.279 e. The number of hydrogen-bond acceptors (Lipinski definition) is 4. The molecule has 0 radical (unpaired) electrons. The van der Waals surface area contributed by atoms with Crippen molar-refractivity contribution in [3.05, 3.63) is 101 Å². The third kappa shape index (κ3) is 3.51. The van der Waals surface area contributed by atoms with Gasteiger partial charge in [-0.1, -0.05) is 48.5 Å². The van der Waals surface area contributed by atoms with Gasteiger partial charge in [-0.2, -0.15) is 9.78 Å². The van der Waals surface area contributed by atoms with Gasteiger partial charge in [0, 0.05) is 31.6 Å². The molecule has 1 amide bonds. The fourth-order valence-corrected chi connectivity index (χ4v) is 4.10. The van der Waals surface area contributed by atoms with Gasteiger partial charge in [0.05, 0.1) is 16.8 Å². The molecule has 0 bridgehead atoms. The minimum atomic E-state index is -0.271. The lowest BCUT2D eigenvalue weighted by Crippen LogP contribution is -2.49. The van der Waals surface area contributed by atoms with Gasteiger partial charge in [-0.05, 0) is 30.3 Å². The standard InChI is InChI=1S/C25H21FN4O2/c26-21-12-6-7-13-22(21)28-14-16-29(17-15-28)25(32)23-19-10-4-5-11-20(19)24(31)30(27-23)18-8-2-1-3-9-18/h1-13H,14-17H2. The maximum Gasteiger partial charge on any atom is 0.279 e. The van der Waals surface area contributed by atoms with E-state index in [2.05, 4.69) is 5.10 Å². The number of aromatic nitrogens is 2. The summed E-state index contributed by atoms with van der Waals surface area (Å²) >= 11 is 0. The molecular weight excluding hydrogens is 407 g/mol. The summed E-state index contributed by atoms with van der Waals surface area (Å²) < 4.78 is 15.4. The lowest BCUT2D eigenvalue weighted by molar-refractivity contribution is 0.0741. The summed E-state index contributed by atoms with van der Waals surface area (Å²) in [6, 6.07) is 22.8. The Bertz CT molecular complexity index is 1350. The SMILES string of the molecule is O=C(c1nn(-c2ccccc2)c(=O)c2ccccc12)N1CCN(c2ccccc2F)CC1. The third-order valence-electron chi connectivity index (χ3n) is 5.77. The Balaban J connectivity index is 1.48. The van der Waals surface area contributed by atoms with Gasteiger partial charge in [-0.3, -0.25) is 9.59 Å². The van der Waals surface area contributed by atoms with E-state index in [1.54, 1.807) is 59.5 Å². The van der Waals surface area contributed by atoms with E-state index in [0.29, 0.717) is 48.3 Å². The number of piperazine rings is 1. The average molecular weight is 428 g/mol. The topological polar surface area (TPSA) is 58.4 Å². The molecule has 1 saturated heterocycles. The number of para-hydroxylation sites is 2. The van der Waals surface area contributed by atoms with Crippen molar-refractivity contribution in [1.29, 1.82) is 0 Å². The lowest BCUT2D eigenvalue weighted by Gasteiger charge is -2.36. The monoisotopic (exact) mass is 428 g/mol. The highest BCUT2D eigenvalue weighted by Crippen LogP contribution is 2.22. The van der Waals surface area contributed by atoms with Crippen LogP contribution in [0.25, 0.3) is 16.5 Å². The van der Waals surface area contributed by atoms with Crippen LogP contribution in [0.1, 0.15) is 10.5 Å². The first kappa shape index (κ1) is 19.9. The zero-order valence-electron chi connectivity index (χ0n) is 17.3. The van der Waals surface area contributed by atoms with Crippen LogP contribution >= 0.6 is 0 Å². The average Bonchev–Trinajstić information content (AvgIpc) is 2.85. The molecule has 0 atom stereocenters. The number of carbonyl (C=O) groups is 1. The molecular formula is C25H21FN4O2. The first-order valence-electron chi connectivity index (χ1n) is 10.5. The van der Waals surface area contributed by atoms with Gasteiger partial charge in [0.1, 0.15) is 5.82 Å². The molecule has 0 aliphatic carbocycles. The van der Waals surface area contributed by atoms with Crippen LogP contribution in [0.3, 0.4) is 0 Å². The van der Waals surface area contributed by atoms with Crippen molar-refractivity contribution in [3.8, 4) is 5.69 Å². The van der Waals surface area contributed by atoms with Crippen molar-refractivity contribution >= 4 is 22.4 Å². The van der Waals surface area contributed by atoms with E-state index in [1.165, 1.54) is 10.7 Å². The number of rotatable bonds is 3.